The molecule has 1 aromatic carbocycles. The number of likely N-dealkylation sites (tertiary alicyclic amines) is 1. The fraction of sp³-hybridized carbons (Fsp3) is 0.522. The van der Waals surface area contributed by atoms with Gasteiger partial charge in [-0.3, -0.25) is 19.3 Å². The minimum Gasteiger partial charge on any atom is -0.454 e. The first-order valence-electron chi connectivity index (χ1n) is 11.3. The molecule has 2 aliphatic rings. The zero-order valence-electron chi connectivity index (χ0n) is 18.6. The summed E-state index contributed by atoms with van der Waals surface area (Å²) in [6.07, 6.45) is 3.98. The predicted molar refractivity (Wildman–Crippen MR) is 120 cm³/mol. The number of fused-ring (bicyclic) bond motifs is 2. The maximum Gasteiger partial charge on any atom is 0.256 e. The van der Waals surface area contributed by atoms with Crippen LogP contribution in [-0.4, -0.2) is 60.3 Å². The Hall–Kier alpha value is -3.07. The van der Waals surface area contributed by atoms with Gasteiger partial charge in [0.15, 0.2) is 11.5 Å². The van der Waals surface area contributed by atoms with Crippen molar-refractivity contribution in [2.75, 3.05) is 33.0 Å². The fourth-order valence-corrected chi connectivity index (χ4v) is 4.45. The van der Waals surface area contributed by atoms with E-state index in [-0.39, 0.29) is 36.7 Å². The van der Waals surface area contributed by atoms with E-state index in [0.29, 0.717) is 41.5 Å². The Balaban J connectivity index is 1.38. The Morgan fingerprint density at radius 3 is 2.66 bits per heavy atom. The number of rotatable bonds is 8. The van der Waals surface area contributed by atoms with Crippen LogP contribution in [0.25, 0.3) is 10.9 Å². The molecule has 3 heterocycles. The van der Waals surface area contributed by atoms with Crippen LogP contribution in [0.1, 0.15) is 43.5 Å². The van der Waals surface area contributed by atoms with Crippen LogP contribution in [0.5, 0.6) is 11.5 Å². The van der Waals surface area contributed by atoms with Gasteiger partial charge in [-0.25, -0.2) is 0 Å². The Morgan fingerprint density at radius 1 is 1.12 bits per heavy atom. The maximum atomic E-state index is 13.0. The van der Waals surface area contributed by atoms with E-state index in [0.717, 1.165) is 25.9 Å². The molecule has 32 heavy (non-hydrogen) atoms. The molecule has 172 valence electrons. The first-order valence-corrected chi connectivity index (χ1v) is 11.3. The van der Waals surface area contributed by atoms with Crippen LogP contribution in [0.3, 0.4) is 0 Å². The molecule has 4 rings (SSSR count). The number of carbonyl (C=O) groups excluding carboxylic acids is 2. The highest BCUT2D eigenvalue weighted by Crippen LogP contribution is 2.35. The molecule has 2 aliphatic heterocycles. The molecule has 0 bridgehead atoms. The van der Waals surface area contributed by atoms with Gasteiger partial charge in [0.05, 0.1) is 10.9 Å². The van der Waals surface area contributed by atoms with Crippen molar-refractivity contribution in [1.29, 1.82) is 0 Å². The molecule has 0 aliphatic carbocycles. The molecular formula is C23H30N4O5. The summed E-state index contributed by atoms with van der Waals surface area (Å²) in [7, 11) is 0. The minimum atomic E-state index is -0.488. The number of pyridine rings is 1. The number of likely N-dealkylation sites (N-methyl/N-ethyl adjacent to an activating group) is 1. The number of nitrogens with one attached hydrogen (secondary N) is 2. The SMILES string of the molecule is CCN1CCCC1CNC(=O)CCNC(=O)c1cn(CC)c2cc3c(cc2c1=O)OCO3. The van der Waals surface area contributed by atoms with E-state index < -0.39 is 5.91 Å². The number of carbonyl (C=O) groups is 2. The van der Waals surface area contributed by atoms with E-state index in [1.165, 1.54) is 0 Å². The monoisotopic (exact) mass is 442 g/mol. The van der Waals surface area contributed by atoms with E-state index in [2.05, 4.69) is 22.5 Å². The number of aromatic nitrogens is 1. The van der Waals surface area contributed by atoms with Crippen molar-refractivity contribution in [3.63, 3.8) is 0 Å². The van der Waals surface area contributed by atoms with Crippen LogP contribution in [0.15, 0.2) is 23.1 Å². The molecule has 9 heteroatoms. The van der Waals surface area contributed by atoms with E-state index >= 15 is 0 Å². The van der Waals surface area contributed by atoms with Crippen LogP contribution in [0.2, 0.25) is 0 Å². The molecule has 1 unspecified atom stereocenters. The third kappa shape index (κ3) is 4.43. The van der Waals surface area contributed by atoms with Crippen LogP contribution in [-0.2, 0) is 11.3 Å². The lowest BCUT2D eigenvalue weighted by Crippen LogP contribution is -2.41. The number of hydrogen-bond acceptors (Lipinski definition) is 6. The average Bonchev–Trinajstić information content (AvgIpc) is 3.45. The van der Waals surface area contributed by atoms with E-state index in [1.54, 1.807) is 18.3 Å². The lowest BCUT2D eigenvalue weighted by Gasteiger charge is -2.22. The summed E-state index contributed by atoms with van der Waals surface area (Å²) in [6, 6.07) is 3.77. The van der Waals surface area contributed by atoms with Crippen LogP contribution in [0, 0.1) is 0 Å². The third-order valence-corrected chi connectivity index (χ3v) is 6.24. The van der Waals surface area contributed by atoms with E-state index in [9.17, 15) is 14.4 Å². The molecule has 1 fully saturated rings. The van der Waals surface area contributed by atoms with Crippen molar-refractivity contribution in [2.45, 2.75) is 45.7 Å². The summed E-state index contributed by atoms with van der Waals surface area (Å²) < 4.78 is 12.6. The fourth-order valence-electron chi connectivity index (χ4n) is 4.45. The van der Waals surface area contributed by atoms with Crippen molar-refractivity contribution in [1.82, 2.24) is 20.1 Å². The Morgan fingerprint density at radius 2 is 1.91 bits per heavy atom. The molecule has 2 amide bonds. The van der Waals surface area contributed by atoms with Crippen molar-refractivity contribution in [3.8, 4) is 11.5 Å². The Kier molecular flexibility index (Phi) is 6.64. The zero-order valence-corrected chi connectivity index (χ0v) is 18.6. The summed E-state index contributed by atoms with van der Waals surface area (Å²) in [6.45, 7) is 7.61. The standard InChI is InChI=1S/C23H30N4O5/c1-3-26-9-5-6-15(26)12-25-21(28)7-8-24-23(30)17-13-27(4-2)18-11-20-19(31-14-32-20)10-16(18)22(17)29/h10-11,13,15H,3-9,12,14H2,1-2H3,(H,24,30)(H,25,28). The van der Waals surface area contributed by atoms with Crippen molar-refractivity contribution in [3.05, 3.63) is 34.1 Å². The van der Waals surface area contributed by atoms with Crippen molar-refractivity contribution >= 4 is 22.7 Å². The second kappa shape index (κ2) is 9.60. The van der Waals surface area contributed by atoms with Gasteiger partial charge < -0.3 is 24.7 Å². The summed E-state index contributed by atoms with van der Waals surface area (Å²) in [5, 5.41) is 6.07. The van der Waals surface area contributed by atoms with Gasteiger partial charge in [0.2, 0.25) is 18.1 Å². The summed E-state index contributed by atoms with van der Waals surface area (Å²) >= 11 is 0. The van der Waals surface area contributed by atoms with Gasteiger partial charge in [0, 0.05) is 44.4 Å². The Labute approximate surface area is 186 Å². The largest absolute Gasteiger partial charge is 0.454 e. The Bertz CT molecular complexity index is 1080. The van der Waals surface area contributed by atoms with Gasteiger partial charge in [0.1, 0.15) is 5.56 Å². The topological polar surface area (TPSA) is 102 Å². The highest BCUT2D eigenvalue weighted by atomic mass is 16.7. The molecule has 9 nitrogen and oxygen atoms in total. The zero-order chi connectivity index (χ0) is 22.7. The lowest BCUT2D eigenvalue weighted by molar-refractivity contribution is -0.121. The molecule has 1 atom stereocenters. The van der Waals surface area contributed by atoms with Gasteiger partial charge in [-0.2, -0.15) is 0 Å². The molecule has 2 aromatic rings. The smallest absolute Gasteiger partial charge is 0.256 e. The first-order chi connectivity index (χ1) is 15.5. The molecule has 2 N–H and O–H groups in total. The van der Waals surface area contributed by atoms with Crippen LogP contribution in [0.4, 0.5) is 0 Å². The van der Waals surface area contributed by atoms with Gasteiger partial charge in [0.25, 0.3) is 5.91 Å². The normalized spacial score (nSPS) is 17.6. The highest BCUT2D eigenvalue weighted by Gasteiger charge is 2.23. The number of aryl methyl sites for hydroxylation is 1. The van der Waals surface area contributed by atoms with Gasteiger partial charge in [-0.05, 0) is 38.9 Å². The van der Waals surface area contributed by atoms with Gasteiger partial charge in [-0.15, -0.1) is 0 Å². The summed E-state index contributed by atoms with van der Waals surface area (Å²) in [4.78, 5) is 40.3. The summed E-state index contributed by atoms with van der Waals surface area (Å²) in [5.41, 5.74) is 0.361. The predicted octanol–water partition coefficient (Wildman–Crippen LogP) is 1.47. The highest BCUT2D eigenvalue weighted by molar-refractivity contribution is 5.98. The van der Waals surface area contributed by atoms with Crippen molar-refractivity contribution in [2.24, 2.45) is 0 Å². The van der Waals surface area contributed by atoms with Crippen molar-refractivity contribution < 1.29 is 19.1 Å². The number of benzene rings is 1. The molecule has 0 saturated carbocycles. The molecule has 1 saturated heterocycles. The lowest BCUT2D eigenvalue weighted by atomic mass is 10.1. The minimum absolute atomic E-state index is 0.0446. The van der Waals surface area contributed by atoms with Crippen LogP contribution >= 0.6 is 0 Å². The molecule has 0 spiro atoms. The average molecular weight is 443 g/mol. The van der Waals surface area contributed by atoms with Crippen LogP contribution < -0.4 is 25.5 Å². The number of ether oxygens (including phenoxy) is 2. The molecular weight excluding hydrogens is 412 g/mol. The second-order valence-corrected chi connectivity index (χ2v) is 8.12. The number of hydrogen-bond donors (Lipinski definition) is 2. The maximum absolute atomic E-state index is 13.0. The molecule has 1 aromatic heterocycles. The quantitative estimate of drug-likeness (QED) is 0.642. The third-order valence-electron chi connectivity index (χ3n) is 6.24. The first kappa shape index (κ1) is 22.1. The summed E-state index contributed by atoms with van der Waals surface area (Å²) in [5.74, 6) is 0.486. The molecule has 0 radical (unpaired) electrons. The van der Waals surface area contributed by atoms with E-state index in [1.807, 2.05) is 11.5 Å². The van der Waals surface area contributed by atoms with Gasteiger partial charge in [-0.1, -0.05) is 6.92 Å². The number of nitrogens with zero attached hydrogens (tertiary/aromatic N) is 2. The van der Waals surface area contributed by atoms with E-state index in [4.69, 9.17) is 9.47 Å². The number of amides is 2. The van der Waals surface area contributed by atoms with Gasteiger partial charge >= 0.3 is 0 Å². The second-order valence-electron chi connectivity index (χ2n) is 8.12.